The Balaban J connectivity index is 2.10. The molecule has 0 atom stereocenters. The van der Waals surface area contributed by atoms with Crippen molar-refractivity contribution in [3.8, 4) is 0 Å². The molecule has 0 aliphatic heterocycles. The second kappa shape index (κ2) is 6.02. The van der Waals surface area contributed by atoms with E-state index in [0.29, 0.717) is 18.3 Å². The Bertz CT molecular complexity index is 652. The molecule has 0 amide bonds. The minimum absolute atomic E-state index is 0.137. The molecule has 0 spiro atoms. The zero-order valence-electron chi connectivity index (χ0n) is 11.2. The second-order valence-electron chi connectivity index (χ2n) is 4.49. The van der Waals surface area contributed by atoms with Gasteiger partial charge in [0.25, 0.3) is 10.0 Å². The van der Waals surface area contributed by atoms with E-state index in [1.807, 2.05) is 13.8 Å². The summed E-state index contributed by atoms with van der Waals surface area (Å²) < 4.78 is 31.8. The number of anilines is 1. The molecule has 0 aliphatic carbocycles. The van der Waals surface area contributed by atoms with Crippen LogP contribution in [0, 0.1) is 0 Å². The predicted octanol–water partition coefficient (Wildman–Crippen LogP) is 1.37. The summed E-state index contributed by atoms with van der Waals surface area (Å²) in [7, 11) is -3.76. The zero-order valence-corrected chi connectivity index (χ0v) is 12.0. The summed E-state index contributed by atoms with van der Waals surface area (Å²) in [6, 6.07) is 3.34. The number of hydrogen-bond donors (Lipinski definition) is 2. The first-order valence-corrected chi connectivity index (χ1v) is 7.55. The number of nitrogens with one attached hydrogen (secondary N) is 2. The highest BCUT2D eigenvalue weighted by Gasteiger charge is 2.19. The van der Waals surface area contributed by atoms with Crippen molar-refractivity contribution in [2.45, 2.75) is 31.5 Å². The highest BCUT2D eigenvalue weighted by molar-refractivity contribution is 7.92. The summed E-state index contributed by atoms with van der Waals surface area (Å²) in [6.45, 7) is 4.47. The lowest BCUT2D eigenvalue weighted by atomic mass is 10.3. The van der Waals surface area contributed by atoms with E-state index in [-0.39, 0.29) is 10.8 Å². The Morgan fingerprint density at radius 2 is 1.95 bits per heavy atom. The van der Waals surface area contributed by atoms with Gasteiger partial charge in [-0.15, -0.1) is 0 Å². The predicted molar refractivity (Wildman–Crippen MR) is 73.5 cm³/mol. The van der Waals surface area contributed by atoms with Crippen molar-refractivity contribution in [2.75, 3.05) is 4.72 Å². The van der Waals surface area contributed by atoms with Crippen molar-refractivity contribution in [1.29, 1.82) is 0 Å². The number of aromatic nitrogens is 2. The van der Waals surface area contributed by atoms with E-state index in [1.165, 1.54) is 24.8 Å². The van der Waals surface area contributed by atoms with Crippen LogP contribution in [0.15, 0.2) is 40.4 Å². The molecular weight excluding hydrogens is 280 g/mol. The molecule has 0 bridgehead atoms. The van der Waals surface area contributed by atoms with Gasteiger partial charge in [-0.2, -0.15) is 8.42 Å². The lowest BCUT2D eigenvalue weighted by molar-refractivity contribution is 0.396. The van der Waals surface area contributed by atoms with E-state index in [0.717, 1.165) is 0 Å². The van der Waals surface area contributed by atoms with E-state index in [2.05, 4.69) is 20.0 Å². The van der Waals surface area contributed by atoms with Crippen molar-refractivity contribution in [2.24, 2.45) is 0 Å². The van der Waals surface area contributed by atoms with Crippen LogP contribution in [-0.4, -0.2) is 24.4 Å². The fourth-order valence-electron chi connectivity index (χ4n) is 1.46. The molecule has 8 heteroatoms. The number of rotatable bonds is 6. The maximum absolute atomic E-state index is 12.1. The molecule has 0 saturated carbocycles. The molecule has 108 valence electrons. The SMILES string of the molecule is CC(C)NCc1ccc(S(=O)(=O)Nc2cncnc2)o1. The van der Waals surface area contributed by atoms with Crippen molar-refractivity contribution >= 4 is 15.7 Å². The maximum Gasteiger partial charge on any atom is 0.295 e. The van der Waals surface area contributed by atoms with Crippen LogP contribution in [0.3, 0.4) is 0 Å². The first kappa shape index (κ1) is 14.5. The van der Waals surface area contributed by atoms with Crippen LogP contribution in [0.4, 0.5) is 5.69 Å². The quantitative estimate of drug-likeness (QED) is 0.835. The molecular formula is C12H16N4O3S. The van der Waals surface area contributed by atoms with Gasteiger partial charge in [-0.25, -0.2) is 9.97 Å². The summed E-state index contributed by atoms with van der Waals surface area (Å²) in [5.41, 5.74) is 0.283. The van der Waals surface area contributed by atoms with Crippen LogP contribution < -0.4 is 10.0 Å². The highest BCUT2D eigenvalue weighted by atomic mass is 32.2. The molecule has 2 N–H and O–H groups in total. The summed E-state index contributed by atoms with van der Waals surface area (Å²) in [6.07, 6.45) is 4.06. The average Bonchev–Trinajstić information content (AvgIpc) is 2.86. The Hall–Kier alpha value is -1.93. The summed E-state index contributed by atoms with van der Waals surface area (Å²) in [4.78, 5) is 7.48. The molecule has 0 aromatic carbocycles. The third kappa shape index (κ3) is 3.78. The molecule has 0 radical (unpaired) electrons. The molecule has 0 unspecified atom stereocenters. The van der Waals surface area contributed by atoms with Gasteiger partial charge < -0.3 is 9.73 Å². The van der Waals surface area contributed by atoms with Gasteiger partial charge in [-0.1, -0.05) is 13.8 Å². The van der Waals surface area contributed by atoms with Crippen molar-refractivity contribution in [1.82, 2.24) is 15.3 Å². The summed E-state index contributed by atoms with van der Waals surface area (Å²) in [5.74, 6) is 0.559. The average molecular weight is 296 g/mol. The van der Waals surface area contributed by atoms with E-state index < -0.39 is 10.0 Å². The molecule has 0 saturated heterocycles. The minimum atomic E-state index is -3.76. The van der Waals surface area contributed by atoms with Crippen LogP contribution >= 0.6 is 0 Å². The van der Waals surface area contributed by atoms with Crippen LogP contribution in [0.2, 0.25) is 0 Å². The molecule has 2 heterocycles. The van der Waals surface area contributed by atoms with Crippen LogP contribution in [0.5, 0.6) is 0 Å². The first-order valence-electron chi connectivity index (χ1n) is 6.07. The molecule has 0 aliphatic rings. The van der Waals surface area contributed by atoms with Gasteiger partial charge in [0.05, 0.1) is 24.6 Å². The Morgan fingerprint density at radius 3 is 2.60 bits per heavy atom. The maximum atomic E-state index is 12.1. The minimum Gasteiger partial charge on any atom is -0.446 e. The number of sulfonamides is 1. The Morgan fingerprint density at radius 1 is 1.25 bits per heavy atom. The largest absolute Gasteiger partial charge is 0.446 e. The Kier molecular flexibility index (Phi) is 4.35. The first-order chi connectivity index (χ1) is 9.47. The smallest absolute Gasteiger partial charge is 0.295 e. The molecule has 2 rings (SSSR count). The zero-order chi connectivity index (χ0) is 14.6. The number of nitrogens with zero attached hydrogens (tertiary/aromatic N) is 2. The van der Waals surface area contributed by atoms with E-state index in [9.17, 15) is 8.42 Å². The van der Waals surface area contributed by atoms with Gasteiger partial charge in [0, 0.05) is 6.04 Å². The lowest BCUT2D eigenvalue weighted by Gasteiger charge is -2.06. The van der Waals surface area contributed by atoms with Crippen LogP contribution in [0.25, 0.3) is 0 Å². The molecule has 2 aromatic rings. The van der Waals surface area contributed by atoms with Gasteiger partial charge in [0.1, 0.15) is 12.1 Å². The number of furan rings is 1. The third-order valence-corrected chi connectivity index (χ3v) is 3.65. The standard InChI is InChI=1S/C12H16N4O3S/c1-9(2)15-7-11-3-4-12(19-11)20(17,18)16-10-5-13-8-14-6-10/h3-6,8-9,15-16H,7H2,1-2H3. The molecule has 0 fully saturated rings. The second-order valence-corrected chi connectivity index (χ2v) is 6.10. The Labute approximate surface area is 117 Å². The van der Waals surface area contributed by atoms with Gasteiger partial charge in [-0.3, -0.25) is 4.72 Å². The van der Waals surface area contributed by atoms with Crippen molar-refractivity contribution in [3.05, 3.63) is 36.6 Å². The van der Waals surface area contributed by atoms with E-state index >= 15 is 0 Å². The van der Waals surface area contributed by atoms with Crippen LogP contribution in [-0.2, 0) is 16.6 Å². The van der Waals surface area contributed by atoms with E-state index in [4.69, 9.17) is 4.42 Å². The highest BCUT2D eigenvalue weighted by Crippen LogP contribution is 2.17. The molecule has 20 heavy (non-hydrogen) atoms. The fraction of sp³-hybridized carbons (Fsp3) is 0.333. The van der Waals surface area contributed by atoms with Gasteiger partial charge in [0.15, 0.2) is 0 Å². The van der Waals surface area contributed by atoms with Crippen molar-refractivity contribution in [3.63, 3.8) is 0 Å². The lowest BCUT2D eigenvalue weighted by Crippen LogP contribution is -2.21. The summed E-state index contributed by atoms with van der Waals surface area (Å²) in [5, 5.41) is 3.01. The monoisotopic (exact) mass is 296 g/mol. The van der Waals surface area contributed by atoms with E-state index in [1.54, 1.807) is 6.07 Å². The molecule has 2 aromatic heterocycles. The molecule has 7 nitrogen and oxygen atoms in total. The van der Waals surface area contributed by atoms with Gasteiger partial charge in [0.2, 0.25) is 5.09 Å². The van der Waals surface area contributed by atoms with Gasteiger partial charge in [-0.05, 0) is 12.1 Å². The normalized spacial score (nSPS) is 11.8. The van der Waals surface area contributed by atoms with Crippen molar-refractivity contribution < 1.29 is 12.8 Å². The van der Waals surface area contributed by atoms with Crippen LogP contribution in [0.1, 0.15) is 19.6 Å². The third-order valence-electron chi connectivity index (χ3n) is 2.40. The summed E-state index contributed by atoms with van der Waals surface area (Å²) >= 11 is 0. The topological polar surface area (TPSA) is 97.1 Å². The fourth-order valence-corrected chi connectivity index (χ4v) is 2.44. The van der Waals surface area contributed by atoms with Gasteiger partial charge >= 0.3 is 0 Å². The number of hydrogen-bond acceptors (Lipinski definition) is 6.